The van der Waals surface area contributed by atoms with Gasteiger partial charge in [0.1, 0.15) is 23.1 Å². The summed E-state index contributed by atoms with van der Waals surface area (Å²) >= 11 is 5.74. The van der Waals surface area contributed by atoms with E-state index >= 15 is 0 Å². The van der Waals surface area contributed by atoms with Crippen molar-refractivity contribution in [3.63, 3.8) is 0 Å². The smallest absolute Gasteiger partial charge is 0.260 e. The van der Waals surface area contributed by atoms with Gasteiger partial charge < -0.3 is 14.1 Å². The van der Waals surface area contributed by atoms with Crippen LogP contribution < -0.4 is 4.74 Å². The number of aromatic nitrogens is 1. The van der Waals surface area contributed by atoms with Gasteiger partial charge in [-0.25, -0.2) is 13.8 Å². The summed E-state index contributed by atoms with van der Waals surface area (Å²) in [5, 5.41) is -0.0547. The first-order valence-electron chi connectivity index (χ1n) is 10.0. The van der Waals surface area contributed by atoms with Crippen LogP contribution in [0, 0.1) is 11.6 Å². The minimum Gasteiger partial charge on any atom is -0.484 e. The van der Waals surface area contributed by atoms with Crippen LogP contribution in [0.3, 0.4) is 0 Å². The summed E-state index contributed by atoms with van der Waals surface area (Å²) < 4.78 is 38.0. The van der Waals surface area contributed by atoms with Crippen molar-refractivity contribution in [1.82, 2.24) is 9.88 Å². The van der Waals surface area contributed by atoms with Crippen molar-refractivity contribution < 1.29 is 22.7 Å². The number of halogens is 3. The monoisotopic (exact) mass is 446 g/mol. The summed E-state index contributed by atoms with van der Waals surface area (Å²) in [6, 6.07) is 10.3. The first-order valence-corrected chi connectivity index (χ1v) is 10.4. The van der Waals surface area contributed by atoms with E-state index in [2.05, 4.69) is 4.98 Å². The van der Waals surface area contributed by atoms with Gasteiger partial charge in [0.25, 0.3) is 5.91 Å². The maximum absolute atomic E-state index is 13.4. The highest BCUT2D eigenvalue weighted by Crippen LogP contribution is 2.28. The SMILES string of the molecule is O=C(COc1ccc(F)c(Cl)c1)N1CCC[C@H](c2ncc(Cc3cccc(F)c3)o2)C1. The number of carbonyl (C=O) groups excluding carboxylic acids is 1. The van der Waals surface area contributed by atoms with Crippen LogP contribution in [0.5, 0.6) is 5.75 Å². The van der Waals surface area contributed by atoms with Gasteiger partial charge in [0.2, 0.25) is 0 Å². The van der Waals surface area contributed by atoms with E-state index in [9.17, 15) is 13.6 Å². The molecule has 0 saturated carbocycles. The number of oxazole rings is 1. The number of amides is 1. The molecule has 0 unspecified atom stereocenters. The molecule has 0 spiro atoms. The molecular weight excluding hydrogens is 426 g/mol. The molecule has 162 valence electrons. The van der Waals surface area contributed by atoms with Gasteiger partial charge in [-0.1, -0.05) is 23.7 Å². The fourth-order valence-corrected chi connectivity index (χ4v) is 3.82. The lowest BCUT2D eigenvalue weighted by molar-refractivity contribution is -0.134. The predicted molar refractivity (Wildman–Crippen MR) is 111 cm³/mol. The second-order valence-corrected chi connectivity index (χ2v) is 7.92. The number of likely N-dealkylation sites (tertiary alicyclic amines) is 1. The van der Waals surface area contributed by atoms with E-state index in [1.54, 1.807) is 17.2 Å². The highest BCUT2D eigenvalue weighted by molar-refractivity contribution is 6.30. The minimum atomic E-state index is -0.540. The molecular formula is C23H21ClF2N2O3. The van der Waals surface area contributed by atoms with Crippen molar-refractivity contribution in [2.24, 2.45) is 0 Å². The average molecular weight is 447 g/mol. The molecule has 1 aliphatic rings. The molecule has 1 saturated heterocycles. The molecule has 1 amide bonds. The molecule has 1 fully saturated rings. The zero-order chi connectivity index (χ0) is 21.8. The number of benzene rings is 2. The fraction of sp³-hybridized carbons (Fsp3) is 0.304. The van der Waals surface area contributed by atoms with Gasteiger partial charge in [0.15, 0.2) is 12.5 Å². The number of hydrogen-bond donors (Lipinski definition) is 0. The van der Waals surface area contributed by atoms with Crippen LogP contribution in [0.4, 0.5) is 8.78 Å². The number of hydrogen-bond acceptors (Lipinski definition) is 4. The van der Waals surface area contributed by atoms with Crippen molar-refractivity contribution in [1.29, 1.82) is 0 Å². The Morgan fingerprint density at radius 3 is 2.94 bits per heavy atom. The summed E-state index contributed by atoms with van der Waals surface area (Å²) in [4.78, 5) is 18.7. The molecule has 2 heterocycles. The van der Waals surface area contributed by atoms with Crippen LogP contribution in [0.15, 0.2) is 53.1 Å². The van der Waals surface area contributed by atoms with E-state index in [1.807, 2.05) is 6.07 Å². The van der Waals surface area contributed by atoms with Crippen LogP contribution in [-0.4, -0.2) is 35.5 Å². The lowest BCUT2D eigenvalue weighted by atomic mass is 9.98. The summed E-state index contributed by atoms with van der Waals surface area (Å²) in [7, 11) is 0. The summed E-state index contributed by atoms with van der Waals surface area (Å²) in [6.45, 7) is 0.942. The second-order valence-electron chi connectivity index (χ2n) is 7.52. The third kappa shape index (κ3) is 5.41. The average Bonchev–Trinajstić information content (AvgIpc) is 3.23. The Morgan fingerprint density at radius 1 is 1.26 bits per heavy atom. The number of carbonyl (C=O) groups is 1. The summed E-state index contributed by atoms with van der Waals surface area (Å²) in [6.07, 6.45) is 3.79. The van der Waals surface area contributed by atoms with Crippen LogP contribution in [-0.2, 0) is 11.2 Å². The molecule has 0 bridgehead atoms. The van der Waals surface area contributed by atoms with Gasteiger partial charge in [-0.3, -0.25) is 4.79 Å². The third-order valence-electron chi connectivity index (χ3n) is 5.22. The lowest BCUT2D eigenvalue weighted by Gasteiger charge is -2.31. The van der Waals surface area contributed by atoms with Crippen molar-refractivity contribution >= 4 is 17.5 Å². The topological polar surface area (TPSA) is 55.6 Å². The van der Waals surface area contributed by atoms with Crippen LogP contribution in [0.25, 0.3) is 0 Å². The van der Waals surface area contributed by atoms with E-state index in [0.717, 1.165) is 18.4 Å². The van der Waals surface area contributed by atoms with E-state index < -0.39 is 5.82 Å². The molecule has 0 radical (unpaired) electrons. The molecule has 1 aromatic heterocycles. The van der Waals surface area contributed by atoms with Crippen LogP contribution in [0.2, 0.25) is 5.02 Å². The highest BCUT2D eigenvalue weighted by Gasteiger charge is 2.28. The zero-order valence-electron chi connectivity index (χ0n) is 16.7. The third-order valence-corrected chi connectivity index (χ3v) is 5.51. The molecule has 4 rings (SSSR count). The number of nitrogens with zero attached hydrogens (tertiary/aromatic N) is 2. The Morgan fingerprint density at radius 2 is 2.13 bits per heavy atom. The second kappa shape index (κ2) is 9.47. The zero-order valence-corrected chi connectivity index (χ0v) is 17.4. The van der Waals surface area contributed by atoms with Crippen LogP contribution >= 0.6 is 11.6 Å². The number of ether oxygens (including phenoxy) is 1. The van der Waals surface area contributed by atoms with E-state index in [1.165, 1.54) is 30.3 Å². The molecule has 8 heteroatoms. The van der Waals surface area contributed by atoms with Crippen molar-refractivity contribution in [2.75, 3.05) is 19.7 Å². The molecule has 31 heavy (non-hydrogen) atoms. The largest absolute Gasteiger partial charge is 0.484 e. The van der Waals surface area contributed by atoms with Gasteiger partial charge in [0, 0.05) is 25.6 Å². The molecule has 1 atom stereocenters. The van der Waals surface area contributed by atoms with Crippen molar-refractivity contribution in [3.05, 3.63) is 82.5 Å². The molecule has 2 aromatic carbocycles. The quantitative estimate of drug-likeness (QED) is 0.535. The van der Waals surface area contributed by atoms with Gasteiger partial charge >= 0.3 is 0 Å². The standard InChI is InChI=1S/C23H21ClF2N2O3/c24-20-11-18(6-7-21(20)26)30-14-22(29)28-8-2-4-16(13-28)23-27-12-19(31-23)10-15-3-1-5-17(25)9-15/h1,3,5-7,9,11-12,16H,2,4,8,10,13-14H2/t16-/m0/s1. The Hall–Kier alpha value is -2.93. The Balaban J connectivity index is 1.34. The number of rotatable bonds is 6. The van der Waals surface area contributed by atoms with Crippen molar-refractivity contribution in [3.8, 4) is 5.75 Å². The molecule has 0 aliphatic carbocycles. The Bertz CT molecular complexity index is 1070. The number of piperidine rings is 1. The van der Waals surface area contributed by atoms with Gasteiger partial charge in [0.05, 0.1) is 17.1 Å². The van der Waals surface area contributed by atoms with Gasteiger partial charge in [-0.05, 0) is 42.7 Å². The molecule has 0 N–H and O–H groups in total. The molecule has 5 nitrogen and oxygen atoms in total. The van der Waals surface area contributed by atoms with E-state index in [-0.39, 0.29) is 29.3 Å². The maximum atomic E-state index is 13.4. The van der Waals surface area contributed by atoms with Gasteiger partial charge in [-0.2, -0.15) is 0 Å². The first kappa shape index (κ1) is 21.3. The van der Waals surface area contributed by atoms with Crippen molar-refractivity contribution in [2.45, 2.75) is 25.2 Å². The molecule has 3 aromatic rings. The first-order chi connectivity index (χ1) is 15.0. The Kier molecular flexibility index (Phi) is 6.51. The Labute approximate surface area is 183 Å². The van der Waals surface area contributed by atoms with Gasteiger partial charge in [-0.15, -0.1) is 0 Å². The van der Waals surface area contributed by atoms with Crippen LogP contribution in [0.1, 0.15) is 36.0 Å². The summed E-state index contributed by atoms with van der Waals surface area (Å²) in [5.74, 6) is 0.556. The molecule has 1 aliphatic heterocycles. The summed E-state index contributed by atoms with van der Waals surface area (Å²) in [5.41, 5.74) is 0.807. The van der Waals surface area contributed by atoms with E-state index in [0.29, 0.717) is 36.9 Å². The minimum absolute atomic E-state index is 0.0146. The lowest BCUT2D eigenvalue weighted by Crippen LogP contribution is -2.41. The van der Waals surface area contributed by atoms with E-state index in [4.69, 9.17) is 20.8 Å². The predicted octanol–water partition coefficient (Wildman–Crippen LogP) is 4.98. The highest BCUT2D eigenvalue weighted by atomic mass is 35.5. The fourth-order valence-electron chi connectivity index (χ4n) is 3.65. The maximum Gasteiger partial charge on any atom is 0.260 e. The normalized spacial score (nSPS) is 16.4.